The molecule has 0 saturated heterocycles. The van der Waals surface area contributed by atoms with E-state index in [1.54, 1.807) is 0 Å². The molecule has 17 heavy (non-hydrogen) atoms. The second-order valence-electron chi connectivity index (χ2n) is 4.54. The summed E-state index contributed by atoms with van der Waals surface area (Å²) in [6.07, 6.45) is 12.6. The third-order valence-electron chi connectivity index (χ3n) is 2.97. The van der Waals surface area contributed by atoms with Gasteiger partial charge in [-0.05, 0) is 25.0 Å². The number of hydrogen-bond donors (Lipinski definition) is 1. The van der Waals surface area contributed by atoms with Crippen molar-refractivity contribution in [1.82, 2.24) is 4.57 Å². The Bertz CT molecular complexity index is 293. The molecular weight excluding hydrogens is 214 g/mol. The Kier molecular flexibility index (Phi) is 7.19. The van der Waals surface area contributed by atoms with Crippen LogP contribution >= 0.6 is 0 Å². The summed E-state index contributed by atoms with van der Waals surface area (Å²) in [6, 6.07) is 4.12. The maximum absolute atomic E-state index is 10.3. The van der Waals surface area contributed by atoms with Crippen molar-refractivity contribution in [3.8, 4) is 0 Å². The normalized spacial score (nSPS) is 10.6. The first kappa shape index (κ1) is 13.8. The summed E-state index contributed by atoms with van der Waals surface area (Å²) < 4.78 is 2.22. The van der Waals surface area contributed by atoms with Crippen LogP contribution < -0.4 is 0 Å². The third kappa shape index (κ3) is 7.61. The van der Waals surface area contributed by atoms with Crippen molar-refractivity contribution in [1.29, 1.82) is 0 Å². The Morgan fingerprint density at radius 3 is 2.00 bits per heavy atom. The Morgan fingerprint density at radius 2 is 1.41 bits per heavy atom. The van der Waals surface area contributed by atoms with Gasteiger partial charge in [0.05, 0.1) is 0 Å². The molecule has 0 amide bonds. The van der Waals surface area contributed by atoms with Crippen LogP contribution in [0.3, 0.4) is 0 Å². The van der Waals surface area contributed by atoms with E-state index in [2.05, 4.69) is 29.1 Å². The maximum Gasteiger partial charge on any atom is 0.303 e. The van der Waals surface area contributed by atoms with Gasteiger partial charge in [0.2, 0.25) is 0 Å². The molecule has 0 aliphatic heterocycles. The number of nitrogens with zero attached hydrogens (tertiary/aromatic N) is 1. The maximum atomic E-state index is 10.3. The minimum Gasteiger partial charge on any atom is -0.481 e. The van der Waals surface area contributed by atoms with Gasteiger partial charge in [-0.3, -0.25) is 4.79 Å². The number of carboxylic acid groups (broad SMARTS) is 1. The topological polar surface area (TPSA) is 42.2 Å². The number of rotatable bonds is 10. The lowest BCUT2D eigenvalue weighted by molar-refractivity contribution is -0.137. The summed E-state index contributed by atoms with van der Waals surface area (Å²) >= 11 is 0. The van der Waals surface area contributed by atoms with Crippen LogP contribution in [0, 0.1) is 0 Å². The van der Waals surface area contributed by atoms with E-state index < -0.39 is 5.97 Å². The van der Waals surface area contributed by atoms with Crippen molar-refractivity contribution in [3.63, 3.8) is 0 Å². The Balaban J connectivity index is 1.80. The van der Waals surface area contributed by atoms with Gasteiger partial charge in [0.25, 0.3) is 0 Å². The lowest BCUT2D eigenvalue weighted by Crippen LogP contribution is -1.94. The van der Waals surface area contributed by atoms with Crippen LogP contribution in [0.2, 0.25) is 0 Å². The molecular formula is C14H23NO2. The van der Waals surface area contributed by atoms with Gasteiger partial charge in [0.15, 0.2) is 0 Å². The number of carbonyl (C=O) groups is 1. The molecule has 0 unspecified atom stereocenters. The summed E-state index contributed by atoms with van der Waals surface area (Å²) in [5, 5.41) is 8.47. The number of aryl methyl sites for hydroxylation is 1. The molecule has 1 N–H and O–H groups in total. The van der Waals surface area contributed by atoms with E-state index >= 15 is 0 Å². The predicted octanol–water partition coefficient (Wildman–Crippen LogP) is 3.69. The molecule has 1 heterocycles. The quantitative estimate of drug-likeness (QED) is 0.630. The van der Waals surface area contributed by atoms with Gasteiger partial charge in [0, 0.05) is 25.4 Å². The molecule has 0 bridgehead atoms. The molecule has 0 spiro atoms. The Labute approximate surface area is 103 Å². The Hall–Kier alpha value is -1.25. The predicted molar refractivity (Wildman–Crippen MR) is 69.0 cm³/mol. The standard InChI is InChI=1S/C14H23NO2/c16-14(17)10-6-4-2-1-3-5-7-11-15-12-8-9-13-15/h8-9,12-13H,1-7,10-11H2,(H,16,17). The molecule has 0 radical (unpaired) electrons. The van der Waals surface area contributed by atoms with Crippen molar-refractivity contribution in [2.45, 2.75) is 57.9 Å². The zero-order valence-corrected chi connectivity index (χ0v) is 10.5. The highest BCUT2D eigenvalue weighted by Crippen LogP contribution is 2.09. The van der Waals surface area contributed by atoms with Gasteiger partial charge in [0.1, 0.15) is 0 Å². The van der Waals surface area contributed by atoms with Crippen LogP contribution in [0.4, 0.5) is 0 Å². The van der Waals surface area contributed by atoms with Gasteiger partial charge >= 0.3 is 5.97 Å². The summed E-state index contributed by atoms with van der Waals surface area (Å²) in [4.78, 5) is 10.3. The van der Waals surface area contributed by atoms with Gasteiger partial charge in [-0.15, -0.1) is 0 Å². The monoisotopic (exact) mass is 237 g/mol. The molecule has 0 aromatic carbocycles. The van der Waals surface area contributed by atoms with Crippen molar-refractivity contribution < 1.29 is 9.90 Å². The molecule has 1 aromatic heterocycles. The average molecular weight is 237 g/mol. The summed E-state index contributed by atoms with van der Waals surface area (Å²) in [7, 11) is 0. The van der Waals surface area contributed by atoms with E-state index in [1.165, 1.54) is 32.1 Å². The SMILES string of the molecule is O=C(O)CCCCCCCCCn1cccc1. The number of aromatic nitrogens is 1. The second-order valence-corrected chi connectivity index (χ2v) is 4.54. The first-order valence-corrected chi connectivity index (χ1v) is 6.61. The van der Waals surface area contributed by atoms with E-state index in [1.807, 2.05) is 0 Å². The van der Waals surface area contributed by atoms with E-state index in [0.29, 0.717) is 6.42 Å². The first-order chi connectivity index (χ1) is 8.29. The van der Waals surface area contributed by atoms with Gasteiger partial charge in [-0.2, -0.15) is 0 Å². The fraction of sp³-hybridized carbons (Fsp3) is 0.643. The van der Waals surface area contributed by atoms with E-state index in [-0.39, 0.29) is 0 Å². The van der Waals surface area contributed by atoms with E-state index in [0.717, 1.165) is 19.4 Å². The number of unbranched alkanes of at least 4 members (excludes halogenated alkanes) is 6. The Morgan fingerprint density at radius 1 is 0.882 bits per heavy atom. The largest absolute Gasteiger partial charge is 0.481 e. The smallest absolute Gasteiger partial charge is 0.303 e. The summed E-state index contributed by atoms with van der Waals surface area (Å²) in [5.74, 6) is -0.670. The molecule has 3 nitrogen and oxygen atoms in total. The van der Waals surface area contributed by atoms with Crippen molar-refractivity contribution in [3.05, 3.63) is 24.5 Å². The number of hydrogen-bond acceptors (Lipinski definition) is 1. The minimum atomic E-state index is -0.670. The molecule has 0 atom stereocenters. The van der Waals surface area contributed by atoms with Crippen LogP contribution in [0.5, 0.6) is 0 Å². The van der Waals surface area contributed by atoms with Crippen molar-refractivity contribution in [2.24, 2.45) is 0 Å². The lowest BCUT2D eigenvalue weighted by atomic mass is 10.1. The molecule has 96 valence electrons. The lowest BCUT2D eigenvalue weighted by Gasteiger charge is -2.03. The fourth-order valence-electron chi connectivity index (χ4n) is 1.97. The molecule has 0 fully saturated rings. The third-order valence-corrected chi connectivity index (χ3v) is 2.97. The van der Waals surface area contributed by atoms with Crippen molar-refractivity contribution in [2.75, 3.05) is 0 Å². The van der Waals surface area contributed by atoms with E-state index in [4.69, 9.17) is 5.11 Å². The van der Waals surface area contributed by atoms with Gasteiger partial charge in [-0.1, -0.05) is 32.1 Å². The van der Waals surface area contributed by atoms with Gasteiger partial charge in [-0.25, -0.2) is 0 Å². The van der Waals surface area contributed by atoms with E-state index in [9.17, 15) is 4.79 Å². The highest BCUT2D eigenvalue weighted by molar-refractivity contribution is 5.66. The van der Waals surface area contributed by atoms with Crippen molar-refractivity contribution >= 4 is 5.97 Å². The minimum absolute atomic E-state index is 0.327. The molecule has 0 aliphatic rings. The van der Waals surface area contributed by atoms with Crippen LogP contribution in [-0.4, -0.2) is 15.6 Å². The average Bonchev–Trinajstić information content (AvgIpc) is 2.79. The number of aliphatic carboxylic acids is 1. The zero-order chi connectivity index (χ0) is 12.3. The first-order valence-electron chi connectivity index (χ1n) is 6.61. The summed E-state index contributed by atoms with van der Waals surface area (Å²) in [6.45, 7) is 1.12. The molecule has 0 saturated carbocycles. The second kappa shape index (κ2) is 8.85. The summed E-state index contributed by atoms with van der Waals surface area (Å²) in [5.41, 5.74) is 0. The van der Waals surface area contributed by atoms with Gasteiger partial charge < -0.3 is 9.67 Å². The molecule has 0 aliphatic carbocycles. The highest BCUT2D eigenvalue weighted by atomic mass is 16.4. The number of carboxylic acids is 1. The fourth-order valence-corrected chi connectivity index (χ4v) is 1.97. The molecule has 3 heteroatoms. The molecule has 1 aromatic rings. The van der Waals surface area contributed by atoms with Crippen LogP contribution in [0.15, 0.2) is 24.5 Å². The zero-order valence-electron chi connectivity index (χ0n) is 10.5. The molecule has 1 rings (SSSR count). The van der Waals surface area contributed by atoms with Crippen LogP contribution in [0.25, 0.3) is 0 Å². The highest BCUT2D eigenvalue weighted by Gasteiger charge is 1.96. The van der Waals surface area contributed by atoms with Crippen LogP contribution in [0.1, 0.15) is 51.4 Å². The van der Waals surface area contributed by atoms with Crippen LogP contribution in [-0.2, 0) is 11.3 Å².